The smallest absolute Gasteiger partial charge is 0.116 e. The molecule has 2 rings (SSSR count). The number of nitrogens with zero attached hydrogens (tertiary/aromatic N) is 1. The fourth-order valence-electron chi connectivity index (χ4n) is 1.71. The summed E-state index contributed by atoms with van der Waals surface area (Å²) in [5.41, 5.74) is 2.51. The molecule has 1 atom stereocenters. The van der Waals surface area contributed by atoms with Crippen LogP contribution in [0.4, 0.5) is 0 Å². The van der Waals surface area contributed by atoms with E-state index in [9.17, 15) is 0 Å². The molecule has 1 aliphatic heterocycles. The molecule has 2 heteroatoms. The molecule has 1 heterocycles. The van der Waals surface area contributed by atoms with Gasteiger partial charge in [-0.05, 0) is 31.9 Å². The predicted molar refractivity (Wildman–Crippen MR) is 57.0 cm³/mol. The van der Waals surface area contributed by atoms with Crippen molar-refractivity contribution in [2.75, 3.05) is 0 Å². The minimum atomic E-state index is -0.0736. The number of halogens is 1. The van der Waals surface area contributed by atoms with E-state index in [4.69, 9.17) is 11.6 Å². The van der Waals surface area contributed by atoms with E-state index in [2.05, 4.69) is 31.0 Å². The Morgan fingerprint density at radius 1 is 1.54 bits per heavy atom. The number of hydrogen-bond donors (Lipinski definition) is 0. The lowest BCUT2D eigenvalue weighted by molar-refractivity contribution is 0.573. The zero-order chi connectivity index (χ0) is 9.47. The molecule has 0 aromatic carbocycles. The van der Waals surface area contributed by atoms with E-state index in [1.165, 1.54) is 11.1 Å². The number of rotatable bonds is 0. The van der Waals surface area contributed by atoms with Crippen molar-refractivity contribution in [2.24, 2.45) is 10.4 Å². The molecule has 0 N–H and O–H groups in total. The van der Waals surface area contributed by atoms with Gasteiger partial charge in [-0.1, -0.05) is 29.3 Å². The van der Waals surface area contributed by atoms with Gasteiger partial charge in [0.05, 0.1) is 0 Å². The predicted octanol–water partition coefficient (Wildman–Crippen LogP) is 3.43. The van der Waals surface area contributed by atoms with Crippen LogP contribution in [0.5, 0.6) is 0 Å². The van der Waals surface area contributed by atoms with Gasteiger partial charge in [0, 0.05) is 11.6 Å². The summed E-state index contributed by atoms with van der Waals surface area (Å²) in [5.74, 6) is 0. The van der Waals surface area contributed by atoms with Crippen molar-refractivity contribution >= 4 is 16.8 Å². The molecular weight excluding hydrogens is 182 g/mol. The van der Waals surface area contributed by atoms with E-state index in [0.717, 1.165) is 6.42 Å². The molecule has 0 saturated heterocycles. The molecule has 0 fully saturated rings. The summed E-state index contributed by atoms with van der Waals surface area (Å²) in [4.78, 5) is 4.14. The largest absolute Gasteiger partial charge is 0.248 e. The lowest BCUT2D eigenvalue weighted by Crippen LogP contribution is -2.28. The maximum absolute atomic E-state index is 6.11. The Morgan fingerprint density at radius 2 is 2.31 bits per heavy atom. The molecule has 0 saturated carbocycles. The highest BCUT2D eigenvalue weighted by Gasteiger charge is 2.34. The quantitative estimate of drug-likeness (QED) is 0.559. The number of allylic oxidation sites excluding steroid dienone is 5. The van der Waals surface area contributed by atoms with Crippen molar-refractivity contribution in [1.82, 2.24) is 0 Å². The van der Waals surface area contributed by atoms with Crippen LogP contribution in [-0.4, -0.2) is 5.17 Å². The SMILES string of the molecule is CC1=CCC2(C)C(=C1)C=CN=C2Cl. The second kappa shape index (κ2) is 2.85. The van der Waals surface area contributed by atoms with Gasteiger partial charge in [-0.2, -0.15) is 0 Å². The van der Waals surface area contributed by atoms with E-state index in [1.54, 1.807) is 6.20 Å². The first kappa shape index (κ1) is 8.76. The number of aliphatic imine (C=N–C) groups is 1. The summed E-state index contributed by atoms with van der Waals surface area (Å²) in [7, 11) is 0. The van der Waals surface area contributed by atoms with E-state index in [1.807, 2.05) is 6.08 Å². The monoisotopic (exact) mass is 193 g/mol. The van der Waals surface area contributed by atoms with Gasteiger partial charge in [-0.3, -0.25) is 0 Å². The third kappa shape index (κ3) is 1.28. The van der Waals surface area contributed by atoms with Gasteiger partial charge >= 0.3 is 0 Å². The van der Waals surface area contributed by atoms with Crippen molar-refractivity contribution < 1.29 is 0 Å². The fourth-order valence-corrected chi connectivity index (χ4v) is 1.95. The highest BCUT2D eigenvalue weighted by Crippen LogP contribution is 2.41. The standard InChI is InChI=1S/C11H12ClN/c1-8-3-5-11(2)9(7-8)4-6-13-10(11)12/h3-4,6-7H,5H2,1-2H3. The lowest BCUT2D eigenvalue weighted by Gasteiger charge is -2.33. The van der Waals surface area contributed by atoms with Gasteiger partial charge in [0.2, 0.25) is 0 Å². The van der Waals surface area contributed by atoms with Crippen LogP contribution in [0, 0.1) is 5.41 Å². The van der Waals surface area contributed by atoms with Crippen LogP contribution in [-0.2, 0) is 0 Å². The van der Waals surface area contributed by atoms with Crippen LogP contribution in [0.15, 0.2) is 40.6 Å². The molecule has 0 radical (unpaired) electrons. The zero-order valence-corrected chi connectivity index (χ0v) is 8.60. The molecule has 13 heavy (non-hydrogen) atoms. The van der Waals surface area contributed by atoms with E-state index < -0.39 is 0 Å². The van der Waals surface area contributed by atoms with Crippen LogP contribution in [0.3, 0.4) is 0 Å². The molecule has 0 spiro atoms. The van der Waals surface area contributed by atoms with E-state index in [0.29, 0.717) is 5.17 Å². The molecule has 2 aliphatic rings. The Labute approximate surface area is 83.5 Å². The van der Waals surface area contributed by atoms with Crippen LogP contribution in [0.1, 0.15) is 20.3 Å². The summed E-state index contributed by atoms with van der Waals surface area (Å²) in [6.07, 6.45) is 9.16. The molecule has 0 aromatic rings. The van der Waals surface area contributed by atoms with Gasteiger partial charge in [0.1, 0.15) is 5.17 Å². The first-order chi connectivity index (χ1) is 6.13. The Kier molecular flexibility index (Phi) is 1.92. The zero-order valence-electron chi connectivity index (χ0n) is 7.84. The lowest BCUT2D eigenvalue weighted by atomic mass is 9.75. The van der Waals surface area contributed by atoms with Gasteiger partial charge in [0.25, 0.3) is 0 Å². The number of hydrogen-bond acceptors (Lipinski definition) is 1. The molecule has 0 amide bonds. The van der Waals surface area contributed by atoms with Gasteiger partial charge in [0.15, 0.2) is 0 Å². The maximum Gasteiger partial charge on any atom is 0.116 e. The normalized spacial score (nSPS) is 31.8. The van der Waals surface area contributed by atoms with Crippen molar-refractivity contribution in [1.29, 1.82) is 0 Å². The molecule has 0 bridgehead atoms. The summed E-state index contributed by atoms with van der Waals surface area (Å²) in [6, 6.07) is 0. The maximum atomic E-state index is 6.11. The van der Waals surface area contributed by atoms with Crippen LogP contribution in [0.2, 0.25) is 0 Å². The summed E-state index contributed by atoms with van der Waals surface area (Å²) in [5, 5.41) is 0.699. The Balaban J connectivity index is 2.49. The molecule has 68 valence electrons. The first-order valence-corrected chi connectivity index (χ1v) is 4.80. The van der Waals surface area contributed by atoms with Crippen LogP contribution < -0.4 is 0 Å². The molecule has 1 nitrogen and oxygen atoms in total. The highest BCUT2D eigenvalue weighted by molar-refractivity contribution is 6.67. The minimum absolute atomic E-state index is 0.0736. The molecule has 1 unspecified atom stereocenters. The average Bonchev–Trinajstić information content (AvgIpc) is 2.09. The molecule has 0 aromatic heterocycles. The van der Waals surface area contributed by atoms with Crippen LogP contribution >= 0.6 is 11.6 Å². The van der Waals surface area contributed by atoms with Crippen LogP contribution in [0.25, 0.3) is 0 Å². The van der Waals surface area contributed by atoms with Gasteiger partial charge in [-0.25, -0.2) is 4.99 Å². The third-order valence-electron chi connectivity index (χ3n) is 2.75. The highest BCUT2D eigenvalue weighted by atomic mass is 35.5. The van der Waals surface area contributed by atoms with E-state index in [-0.39, 0.29) is 5.41 Å². The topological polar surface area (TPSA) is 12.4 Å². The number of fused-ring (bicyclic) bond motifs is 1. The first-order valence-electron chi connectivity index (χ1n) is 4.42. The van der Waals surface area contributed by atoms with Crippen molar-refractivity contribution in [3.8, 4) is 0 Å². The summed E-state index contributed by atoms with van der Waals surface area (Å²) in [6.45, 7) is 4.25. The Bertz CT molecular complexity index is 360. The molecule has 1 aliphatic carbocycles. The van der Waals surface area contributed by atoms with Gasteiger partial charge in [-0.15, -0.1) is 0 Å². The second-order valence-corrected chi connectivity index (χ2v) is 4.18. The average molecular weight is 194 g/mol. The Morgan fingerprint density at radius 3 is 3.08 bits per heavy atom. The Hall–Kier alpha value is -0.820. The summed E-state index contributed by atoms with van der Waals surface area (Å²) >= 11 is 6.11. The van der Waals surface area contributed by atoms with Crippen molar-refractivity contribution in [3.63, 3.8) is 0 Å². The third-order valence-corrected chi connectivity index (χ3v) is 3.26. The molecular formula is C11H12ClN. The second-order valence-electron chi connectivity index (χ2n) is 3.82. The summed E-state index contributed by atoms with van der Waals surface area (Å²) < 4.78 is 0. The van der Waals surface area contributed by atoms with E-state index >= 15 is 0 Å². The fraction of sp³-hybridized carbons (Fsp3) is 0.364. The minimum Gasteiger partial charge on any atom is -0.248 e. The van der Waals surface area contributed by atoms with Gasteiger partial charge < -0.3 is 0 Å². The van der Waals surface area contributed by atoms with Crippen molar-refractivity contribution in [2.45, 2.75) is 20.3 Å². The van der Waals surface area contributed by atoms with Crippen molar-refractivity contribution in [3.05, 3.63) is 35.6 Å².